The van der Waals surface area contributed by atoms with Crippen molar-refractivity contribution in [2.45, 2.75) is 37.8 Å². The number of pyridine rings is 1. The molecule has 1 saturated carbocycles. The van der Waals surface area contributed by atoms with E-state index < -0.39 is 0 Å². The van der Waals surface area contributed by atoms with Gasteiger partial charge in [-0.25, -0.2) is 4.68 Å². The topological polar surface area (TPSA) is 46.8 Å². The summed E-state index contributed by atoms with van der Waals surface area (Å²) in [6.07, 6.45) is 8.02. The zero-order valence-corrected chi connectivity index (χ0v) is 14.8. The van der Waals surface area contributed by atoms with Gasteiger partial charge >= 0.3 is 0 Å². The number of hydrogen-bond donors (Lipinski definition) is 0. The van der Waals surface area contributed by atoms with Crippen molar-refractivity contribution >= 4 is 0 Å². The largest absolute Gasteiger partial charge is 0.299 e. The van der Waals surface area contributed by atoms with Crippen molar-refractivity contribution in [1.82, 2.24) is 24.9 Å². The van der Waals surface area contributed by atoms with Crippen molar-refractivity contribution in [1.29, 1.82) is 0 Å². The lowest BCUT2D eigenvalue weighted by atomic mass is 9.83. The summed E-state index contributed by atoms with van der Waals surface area (Å²) in [5.41, 5.74) is 4.50. The molecule has 132 valence electrons. The summed E-state index contributed by atoms with van der Waals surface area (Å²) < 4.78 is 1.85. The molecule has 5 rings (SSSR count). The fourth-order valence-corrected chi connectivity index (χ4v) is 3.89. The first-order valence-corrected chi connectivity index (χ1v) is 9.49. The van der Waals surface area contributed by atoms with Gasteiger partial charge in [-0.2, -0.15) is 0 Å². The van der Waals surface area contributed by atoms with Crippen molar-refractivity contribution in [3.8, 4) is 11.3 Å². The van der Waals surface area contributed by atoms with Crippen LogP contribution < -0.4 is 0 Å². The molecule has 0 N–H and O–H groups in total. The quantitative estimate of drug-likeness (QED) is 0.711. The van der Waals surface area contributed by atoms with Crippen LogP contribution in [0.5, 0.6) is 0 Å². The van der Waals surface area contributed by atoms with Crippen LogP contribution in [-0.2, 0) is 6.54 Å². The fraction of sp³-hybridized carbons (Fsp3) is 0.381. The molecule has 0 bridgehead atoms. The first-order chi connectivity index (χ1) is 12.8. The Bertz CT molecular complexity index is 878. The molecular weight excluding hydrogens is 322 g/mol. The van der Waals surface area contributed by atoms with Gasteiger partial charge in [0, 0.05) is 36.8 Å². The number of benzene rings is 1. The minimum Gasteiger partial charge on any atom is -0.299 e. The third kappa shape index (κ3) is 3.03. The summed E-state index contributed by atoms with van der Waals surface area (Å²) in [7, 11) is 0. The van der Waals surface area contributed by atoms with Crippen molar-refractivity contribution in [2.75, 3.05) is 13.1 Å². The van der Waals surface area contributed by atoms with E-state index in [2.05, 4.69) is 44.5 Å². The van der Waals surface area contributed by atoms with Crippen LogP contribution in [0.15, 0.2) is 54.9 Å². The molecule has 3 heterocycles. The number of hydrogen-bond acceptors (Lipinski definition) is 4. The molecule has 5 heteroatoms. The summed E-state index contributed by atoms with van der Waals surface area (Å²) in [5, 5.41) is 8.64. The Morgan fingerprint density at radius 2 is 1.96 bits per heavy atom. The molecule has 0 atom stereocenters. The van der Waals surface area contributed by atoms with Crippen LogP contribution in [0.25, 0.3) is 11.3 Å². The van der Waals surface area contributed by atoms with E-state index in [1.54, 1.807) is 0 Å². The van der Waals surface area contributed by atoms with E-state index in [1.807, 2.05) is 35.3 Å². The fourth-order valence-electron chi connectivity index (χ4n) is 3.89. The summed E-state index contributed by atoms with van der Waals surface area (Å²) in [5.74, 6) is 0.666. The smallest absolute Gasteiger partial charge is 0.113 e. The van der Waals surface area contributed by atoms with Gasteiger partial charge in [-0.05, 0) is 36.6 Å². The molecule has 1 aliphatic carbocycles. The van der Waals surface area contributed by atoms with Gasteiger partial charge < -0.3 is 0 Å². The first-order valence-electron chi connectivity index (χ1n) is 9.49. The Kier molecular flexibility index (Phi) is 4.02. The van der Waals surface area contributed by atoms with Crippen LogP contribution >= 0.6 is 0 Å². The maximum atomic E-state index is 4.37. The average molecular weight is 345 g/mol. The Labute approximate surface area is 153 Å². The van der Waals surface area contributed by atoms with Crippen LogP contribution in [0.1, 0.15) is 36.4 Å². The predicted molar refractivity (Wildman–Crippen MR) is 101 cm³/mol. The molecule has 0 amide bonds. The first kappa shape index (κ1) is 15.7. The number of likely N-dealkylation sites (tertiary alicyclic amines) is 1. The van der Waals surface area contributed by atoms with Gasteiger partial charge in [0.1, 0.15) is 5.69 Å². The highest BCUT2D eigenvalue weighted by atomic mass is 15.4. The summed E-state index contributed by atoms with van der Waals surface area (Å²) in [6, 6.07) is 15.6. The van der Waals surface area contributed by atoms with Gasteiger partial charge in [0.25, 0.3) is 0 Å². The second kappa shape index (κ2) is 6.65. The Hall–Kier alpha value is -2.53. The molecule has 26 heavy (non-hydrogen) atoms. The maximum absolute atomic E-state index is 4.37. The third-order valence-electron chi connectivity index (χ3n) is 5.74. The van der Waals surface area contributed by atoms with Crippen molar-refractivity contribution in [3.05, 3.63) is 66.1 Å². The van der Waals surface area contributed by atoms with E-state index >= 15 is 0 Å². The molecule has 2 aliphatic rings. The average Bonchev–Trinajstić information content (AvgIpc) is 3.05. The predicted octanol–water partition coefficient (Wildman–Crippen LogP) is 3.34. The minimum absolute atomic E-state index is 0.645. The maximum Gasteiger partial charge on any atom is 0.113 e. The lowest BCUT2D eigenvalue weighted by Crippen LogP contribution is -2.53. The normalized spacial score (nSPS) is 18.5. The molecule has 2 fully saturated rings. The highest BCUT2D eigenvalue weighted by Crippen LogP contribution is 2.36. The van der Waals surface area contributed by atoms with Gasteiger partial charge in [-0.3, -0.25) is 9.88 Å². The van der Waals surface area contributed by atoms with E-state index in [0.29, 0.717) is 12.5 Å². The molecule has 0 unspecified atom stereocenters. The van der Waals surface area contributed by atoms with Crippen LogP contribution in [-0.4, -0.2) is 44.0 Å². The van der Waals surface area contributed by atoms with Crippen LogP contribution in [0, 0.1) is 0 Å². The van der Waals surface area contributed by atoms with Crippen molar-refractivity contribution in [2.24, 2.45) is 0 Å². The number of aromatic nitrogens is 4. The van der Waals surface area contributed by atoms with E-state index in [9.17, 15) is 0 Å². The molecule has 2 aromatic heterocycles. The van der Waals surface area contributed by atoms with Gasteiger partial charge in [-0.15, -0.1) is 5.10 Å². The molecule has 3 aromatic rings. The van der Waals surface area contributed by atoms with Crippen LogP contribution in [0.3, 0.4) is 0 Å². The second-order valence-corrected chi connectivity index (χ2v) is 7.48. The molecule has 5 nitrogen and oxygen atoms in total. The lowest BCUT2D eigenvalue weighted by molar-refractivity contribution is 0.0476. The van der Waals surface area contributed by atoms with Crippen molar-refractivity contribution in [3.63, 3.8) is 0 Å². The molecule has 1 aromatic carbocycles. The molecule has 0 spiro atoms. The zero-order valence-electron chi connectivity index (χ0n) is 14.8. The van der Waals surface area contributed by atoms with Gasteiger partial charge in [-0.1, -0.05) is 35.9 Å². The Balaban J connectivity index is 1.28. The monoisotopic (exact) mass is 345 g/mol. The van der Waals surface area contributed by atoms with Gasteiger partial charge in [0.15, 0.2) is 0 Å². The van der Waals surface area contributed by atoms with E-state index in [4.69, 9.17) is 0 Å². The standard InChI is InChI=1S/C21H23N5/c1-2-10-22-19(7-1)14-26-15-21(23-24-26)17-6-3-5-16(11-17)18-12-25(13-18)20-8-4-9-20/h1-3,5-7,10-11,15,18,20H,4,8-9,12-14H2. The minimum atomic E-state index is 0.645. The summed E-state index contributed by atoms with van der Waals surface area (Å²) >= 11 is 0. The third-order valence-corrected chi connectivity index (χ3v) is 5.74. The highest BCUT2D eigenvalue weighted by molar-refractivity contribution is 5.59. The van der Waals surface area contributed by atoms with E-state index in [-0.39, 0.29) is 0 Å². The van der Waals surface area contributed by atoms with Crippen LogP contribution in [0.2, 0.25) is 0 Å². The Morgan fingerprint density at radius 3 is 2.73 bits per heavy atom. The zero-order chi connectivity index (χ0) is 17.3. The molecule has 1 aliphatic heterocycles. The summed E-state index contributed by atoms with van der Waals surface area (Å²) in [6.45, 7) is 3.06. The number of rotatable bonds is 5. The van der Waals surface area contributed by atoms with Gasteiger partial charge in [0.2, 0.25) is 0 Å². The van der Waals surface area contributed by atoms with E-state index in [0.717, 1.165) is 23.0 Å². The van der Waals surface area contributed by atoms with Crippen LogP contribution in [0.4, 0.5) is 0 Å². The highest BCUT2D eigenvalue weighted by Gasteiger charge is 2.35. The molecule has 0 radical (unpaired) electrons. The van der Waals surface area contributed by atoms with Crippen molar-refractivity contribution < 1.29 is 0 Å². The molecular formula is C21H23N5. The molecule has 1 saturated heterocycles. The lowest BCUT2D eigenvalue weighted by Gasteiger charge is -2.48. The summed E-state index contributed by atoms with van der Waals surface area (Å²) in [4.78, 5) is 6.99. The number of nitrogens with zero attached hydrogens (tertiary/aromatic N) is 5. The van der Waals surface area contributed by atoms with E-state index in [1.165, 1.54) is 37.9 Å². The van der Waals surface area contributed by atoms with Gasteiger partial charge in [0.05, 0.1) is 18.4 Å². The second-order valence-electron chi connectivity index (χ2n) is 7.48. The SMILES string of the molecule is c1ccc(Cn2cc(-c3cccc(C4CN(C5CCC5)C4)c3)nn2)nc1. The Morgan fingerprint density at radius 1 is 1.04 bits per heavy atom.